The molecule has 3 aliphatic carbocycles. The molecule has 0 N–H and O–H groups in total. The first-order valence-electron chi connectivity index (χ1n) is 17.4. The Morgan fingerprint density at radius 2 is 1.19 bits per heavy atom. The van der Waals surface area contributed by atoms with Gasteiger partial charge in [-0.2, -0.15) is 0 Å². The molecule has 4 fully saturated rings. The van der Waals surface area contributed by atoms with Crippen LogP contribution in [0.25, 0.3) is 0 Å². The predicted octanol–water partition coefficient (Wildman–Crippen LogP) is 7.66. The molecule has 0 aromatic heterocycles. The highest BCUT2D eigenvalue weighted by molar-refractivity contribution is 5.27. The van der Waals surface area contributed by atoms with Crippen LogP contribution in [0.5, 0.6) is 5.75 Å². The lowest BCUT2D eigenvalue weighted by molar-refractivity contribution is -0.259. The molecule has 7 heteroatoms. The van der Waals surface area contributed by atoms with Crippen molar-refractivity contribution in [2.24, 2.45) is 16.7 Å². The van der Waals surface area contributed by atoms with Crippen LogP contribution in [0, 0.1) is 16.7 Å². The molecule has 0 amide bonds. The lowest BCUT2D eigenvalue weighted by atomic mass is 9.68. The average Bonchev–Trinajstić information content (AvgIpc) is 3.65. The van der Waals surface area contributed by atoms with Gasteiger partial charge in [0, 0.05) is 11.8 Å². The van der Waals surface area contributed by atoms with Crippen molar-refractivity contribution in [2.75, 3.05) is 13.7 Å². The second-order valence-electron chi connectivity index (χ2n) is 14.6. The van der Waals surface area contributed by atoms with Crippen LogP contribution in [-0.4, -0.2) is 56.1 Å². The van der Waals surface area contributed by atoms with Crippen molar-refractivity contribution >= 4 is 0 Å². The quantitative estimate of drug-likeness (QED) is 0.175. The van der Waals surface area contributed by atoms with E-state index in [1.807, 2.05) is 60.7 Å². The van der Waals surface area contributed by atoms with Gasteiger partial charge >= 0.3 is 0 Å². The molecule has 256 valence electrons. The minimum Gasteiger partial charge on any atom is -0.497 e. The van der Waals surface area contributed by atoms with Gasteiger partial charge in [0.15, 0.2) is 5.79 Å². The molecule has 4 aliphatic rings. The minimum atomic E-state index is -0.742. The summed E-state index contributed by atoms with van der Waals surface area (Å²) in [6, 6.07) is 28.4. The fourth-order valence-electron chi connectivity index (χ4n) is 8.78. The first-order valence-corrected chi connectivity index (χ1v) is 17.4. The van der Waals surface area contributed by atoms with Gasteiger partial charge in [-0.15, -0.1) is 6.58 Å². The maximum absolute atomic E-state index is 7.32. The van der Waals surface area contributed by atoms with Crippen molar-refractivity contribution in [3.8, 4) is 5.75 Å². The molecule has 1 spiro atoms. The van der Waals surface area contributed by atoms with Gasteiger partial charge in [-0.3, -0.25) is 0 Å². The second kappa shape index (κ2) is 13.7. The first kappa shape index (κ1) is 33.5. The highest BCUT2D eigenvalue weighted by Crippen LogP contribution is 2.73. The fourth-order valence-corrected chi connectivity index (χ4v) is 8.78. The molecule has 48 heavy (non-hydrogen) atoms. The zero-order valence-electron chi connectivity index (χ0n) is 28.7. The Morgan fingerprint density at radius 1 is 0.688 bits per heavy atom. The molecule has 2 bridgehead atoms. The predicted molar refractivity (Wildman–Crippen MR) is 183 cm³/mol. The summed E-state index contributed by atoms with van der Waals surface area (Å²) in [7, 11) is 1.67. The topological polar surface area (TPSA) is 64.6 Å². The van der Waals surface area contributed by atoms with Gasteiger partial charge in [0.25, 0.3) is 0 Å². The van der Waals surface area contributed by atoms with E-state index in [1.165, 1.54) is 6.42 Å². The van der Waals surface area contributed by atoms with E-state index < -0.39 is 42.4 Å². The van der Waals surface area contributed by atoms with E-state index in [1.54, 1.807) is 13.2 Å². The molecule has 7 rings (SSSR count). The van der Waals surface area contributed by atoms with Crippen LogP contribution in [0.2, 0.25) is 0 Å². The van der Waals surface area contributed by atoms with E-state index in [2.05, 4.69) is 51.6 Å². The maximum atomic E-state index is 7.32. The van der Waals surface area contributed by atoms with Gasteiger partial charge in [-0.1, -0.05) is 99.6 Å². The molecule has 1 aliphatic heterocycles. The Kier molecular flexibility index (Phi) is 9.55. The smallest absolute Gasteiger partial charge is 0.175 e. The minimum absolute atomic E-state index is 0.0752. The van der Waals surface area contributed by atoms with Crippen molar-refractivity contribution in [1.29, 1.82) is 0 Å². The first-order chi connectivity index (χ1) is 23.3. The second-order valence-corrected chi connectivity index (χ2v) is 14.6. The van der Waals surface area contributed by atoms with Gasteiger partial charge in [0.05, 0.1) is 33.5 Å². The van der Waals surface area contributed by atoms with Crippen LogP contribution < -0.4 is 4.74 Å². The van der Waals surface area contributed by atoms with Gasteiger partial charge < -0.3 is 33.2 Å². The molecule has 3 aromatic carbocycles. The van der Waals surface area contributed by atoms with E-state index in [0.29, 0.717) is 32.3 Å². The number of hydrogen-bond donors (Lipinski definition) is 0. The number of hydrogen-bond acceptors (Lipinski definition) is 7. The molecule has 1 heterocycles. The van der Waals surface area contributed by atoms with Crippen LogP contribution in [0.1, 0.15) is 56.7 Å². The summed E-state index contributed by atoms with van der Waals surface area (Å²) in [5.41, 5.74) is 3.09. The van der Waals surface area contributed by atoms with E-state index in [9.17, 15) is 0 Å². The fraction of sp³-hybridized carbons (Fsp3) is 0.512. The largest absolute Gasteiger partial charge is 0.497 e. The van der Waals surface area contributed by atoms with E-state index in [0.717, 1.165) is 35.3 Å². The molecule has 0 unspecified atom stereocenters. The summed E-state index contributed by atoms with van der Waals surface area (Å²) in [4.78, 5) is 0. The zero-order valence-corrected chi connectivity index (χ0v) is 28.7. The van der Waals surface area contributed by atoms with Gasteiger partial charge in [-0.25, -0.2) is 0 Å². The van der Waals surface area contributed by atoms with Crippen LogP contribution in [0.15, 0.2) is 97.6 Å². The zero-order chi connectivity index (χ0) is 33.4. The number of methoxy groups -OCH3 is 1. The Balaban J connectivity index is 1.27. The van der Waals surface area contributed by atoms with Gasteiger partial charge in [0.2, 0.25) is 0 Å². The molecule has 3 saturated carbocycles. The summed E-state index contributed by atoms with van der Waals surface area (Å²) >= 11 is 0. The maximum Gasteiger partial charge on any atom is 0.175 e. The Labute approximate surface area is 285 Å². The Bertz CT molecular complexity index is 1510. The Hall–Kier alpha value is -3.04. The molecule has 9 atom stereocenters. The molecular formula is C41H50O7. The SMILES string of the molecule is C=CCO[C@@H]1[C@@H](OCc2ccccc2)[C@H](OCc2ccc(OC)cc2)[C@H](OCc2ccccc2)[C@@H]2O[C@@]3(C[C@@H]4CC[C@@]3(C)C4(C)C)O[C@@H]12. The average molecular weight is 655 g/mol. The van der Waals surface area contributed by atoms with E-state index in [-0.39, 0.29) is 10.8 Å². The lowest BCUT2D eigenvalue weighted by Gasteiger charge is -2.46. The van der Waals surface area contributed by atoms with Crippen LogP contribution in [-0.2, 0) is 48.2 Å². The molecule has 1 saturated heterocycles. The molecule has 3 aromatic rings. The van der Waals surface area contributed by atoms with E-state index in [4.69, 9.17) is 33.2 Å². The molecule has 7 nitrogen and oxygen atoms in total. The molecule has 0 radical (unpaired) electrons. The van der Waals surface area contributed by atoms with Crippen molar-refractivity contribution in [3.05, 3.63) is 114 Å². The Morgan fingerprint density at radius 3 is 1.65 bits per heavy atom. The third-order valence-corrected chi connectivity index (χ3v) is 12.0. The lowest BCUT2D eigenvalue weighted by Crippen LogP contribution is -2.65. The van der Waals surface area contributed by atoms with Crippen LogP contribution >= 0.6 is 0 Å². The standard InChI is InChI=1S/C41H50O7/c1-6-23-43-35-33(44-25-28-13-9-7-10-14-28)34(45-27-30-17-19-32(42-5)20-18-30)36(46-26-29-15-11-8-12-16-29)38-37(35)47-41(48-38)24-31-21-22-40(41,4)39(31,2)3/h6-20,31,33-38H,1,21-27H2,2-5H3/t31-,33-,34-,35+,36-,37-,38-,40-,41+/m0/s1. The summed E-state index contributed by atoms with van der Waals surface area (Å²) in [5, 5.41) is 0. The van der Waals surface area contributed by atoms with Crippen LogP contribution in [0.4, 0.5) is 0 Å². The third kappa shape index (κ3) is 5.93. The number of rotatable bonds is 13. The van der Waals surface area contributed by atoms with E-state index >= 15 is 0 Å². The summed E-state index contributed by atoms with van der Waals surface area (Å²) in [6.07, 6.45) is 2.06. The number of fused-ring (bicyclic) bond motifs is 4. The third-order valence-electron chi connectivity index (χ3n) is 12.0. The van der Waals surface area contributed by atoms with Crippen molar-refractivity contribution in [3.63, 3.8) is 0 Å². The summed E-state index contributed by atoms with van der Waals surface area (Å²) in [6.45, 7) is 12.6. The van der Waals surface area contributed by atoms with Crippen molar-refractivity contribution in [1.82, 2.24) is 0 Å². The monoisotopic (exact) mass is 654 g/mol. The number of ether oxygens (including phenoxy) is 7. The highest BCUT2D eigenvalue weighted by atomic mass is 16.8. The van der Waals surface area contributed by atoms with Crippen molar-refractivity contribution in [2.45, 2.75) is 102 Å². The summed E-state index contributed by atoms with van der Waals surface area (Å²) in [5.74, 6) is 0.578. The van der Waals surface area contributed by atoms with Gasteiger partial charge in [0.1, 0.15) is 42.4 Å². The summed E-state index contributed by atoms with van der Waals surface area (Å²) < 4.78 is 47.3. The molecular weight excluding hydrogens is 604 g/mol. The highest BCUT2D eigenvalue weighted by Gasteiger charge is 2.76. The number of benzene rings is 3. The van der Waals surface area contributed by atoms with Crippen molar-refractivity contribution < 1.29 is 33.2 Å². The normalized spacial score (nSPS) is 34.7. The van der Waals surface area contributed by atoms with Crippen LogP contribution in [0.3, 0.4) is 0 Å². The van der Waals surface area contributed by atoms with Gasteiger partial charge in [-0.05, 0) is 53.0 Å².